The standard InChI is InChI=1S/C26H25N3O3/c30-25(23-10-5-17-32-23)21-18-27-22-9-4-8-20(24(21)22)26(31)29-15-13-28(14-16-29)12-11-19-6-2-1-3-7-19/h1-10,17-18,27H,11-16H2. The van der Waals surface area contributed by atoms with Gasteiger partial charge in [0.25, 0.3) is 5.91 Å². The number of amides is 1. The van der Waals surface area contributed by atoms with Crippen molar-refractivity contribution in [3.05, 3.63) is 95.6 Å². The maximum atomic E-state index is 13.4. The largest absolute Gasteiger partial charge is 0.461 e. The average Bonchev–Trinajstić information content (AvgIpc) is 3.53. The fourth-order valence-corrected chi connectivity index (χ4v) is 4.36. The summed E-state index contributed by atoms with van der Waals surface area (Å²) in [5.74, 6) is -0.00109. The van der Waals surface area contributed by atoms with Crippen LogP contribution in [0.3, 0.4) is 0 Å². The molecule has 5 rings (SSSR count). The van der Waals surface area contributed by atoms with Gasteiger partial charge in [-0.25, -0.2) is 0 Å². The lowest BCUT2D eigenvalue weighted by molar-refractivity contribution is 0.0640. The molecule has 1 aliphatic rings. The van der Waals surface area contributed by atoms with E-state index in [2.05, 4.69) is 34.1 Å². The molecule has 1 N–H and O–H groups in total. The van der Waals surface area contributed by atoms with E-state index in [0.29, 0.717) is 29.6 Å². The third-order valence-electron chi connectivity index (χ3n) is 6.14. The van der Waals surface area contributed by atoms with Gasteiger partial charge in [-0.2, -0.15) is 0 Å². The lowest BCUT2D eigenvalue weighted by Crippen LogP contribution is -2.49. The number of H-pyrrole nitrogens is 1. The Morgan fingerprint density at radius 2 is 1.69 bits per heavy atom. The summed E-state index contributed by atoms with van der Waals surface area (Å²) in [4.78, 5) is 33.8. The Morgan fingerprint density at radius 1 is 0.875 bits per heavy atom. The van der Waals surface area contributed by atoms with E-state index in [-0.39, 0.29) is 17.5 Å². The molecule has 0 saturated carbocycles. The van der Waals surface area contributed by atoms with Crippen molar-refractivity contribution in [2.24, 2.45) is 0 Å². The Kier molecular flexibility index (Phi) is 5.60. The molecular weight excluding hydrogens is 402 g/mol. The molecule has 0 atom stereocenters. The lowest BCUT2D eigenvalue weighted by Gasteiger charge is -2.35. The monoisotopic (exact) mass is 427 g/mol. The molecule has 0 radical (unpaired) electrons. The van der Waals surface area contributed by atoms with Crippen LogP contribution in [0.15, 0.2) is 77.5 Å². The summed E-state index contributed by atoms with van der Waals surface area (Å²) in [6.07, 6.45) is 4.15. The SMILES string of the molecule is O=C(c1ccco1)c1c[nH]c2cccc(C(=O)N3CCN(CCc4ccccc4)CC3)c12. The molecule has 1 saturated heterocycles. The second-order valence-electron chi connectivity index (χ2n) is 8.11. The first-order valence-electron chi connectivity index (χ1n) is 10.9. The smallest absolute Gasteiger partial charge is 0.254 e. The molecule has 2 aromatic heterocycles. The van der Waals surface area contributed by atoms with Crippen LogP contribution in [0.25, 0.3) is 10.9 Å². The van der Waals surface area contributed by atoms with Crippen LogP contribution in [0.2, 0.25) is 0 Å². The molecule has 4 aromatic rings. The zero-order valence-electron chi connectivity index (χ0n) is 17.8. The Morgan fingerprint density at radius 3 is 2.44 bits per heavy atom. The lowest BCUT2D eigenvalue weighted by atomic mass is 10.0. The number of aromatic amines is 1. The predicted molar refractivity (Wildman–Crippen MR) is 123 cm³/mol. The van der Waals surface area contributed by atoms with Gasteiger partial charge < -0.3 is 14.3 Å². The molecule has 6 heteroatoms. The van der Waals surface area contributed by atoms with Gasteiger partial charge in [0.15, 0.2) is 5.76 Å². The van der Waals surface area contributed by atoms with Gasteiger partial charge in [0.05, 0.1) is 11.8 Å². The predicted octanol–water partition coefficient (Wildman–Crippen LogP) is 3.99. The molecule has 0 aliphatic carbocycles. The number of nitrogens with one attached hydrogen (secondary N) is 1. The van der Waals surface area contributed by atoms with E-state index in [4.69, 9.17) is 4.42 Å². The molecule has 0 bridgehead atoms. The van der Waals surface area contributed by atoms with Crippen LogP contribution >= 0.6 is 0 Å². The zero-order valence-corrected chi connectivity index (χ0v) is 17.8. The number of carbonyl (C=O) groups excluding carboxylic acids is 2. The fraction of sp³-hybridized carbons (Fsp3) is 0.231. The van der Waals surface area contributed by atoms with Crippen molar-refractivity contribution in [1.82, 2.24) is 14.8 Å². The van der Waals surface area contributed by atoms with E-state index in [1.54, 1.807) is 24.4 Å². The van der Waals surface area contributed by atoms with Crippen LogP contribution in [0.5, 0.6) is 0 Å². The van der Waals surface area contributed by atoms with Crippen molar-refractivity contribution >= 4 is 22.6 Å². The molecule has 162 valence electrons. The van der Waals surface area contributed by atoms with E-state index in [9.17, 15) is 9.59 Å². The highest BCUT2D eigenvalue weighted by Crippen LogP contribution is 2.26. The van der Waals surface area contributed by atoms with Gasteiger partial charge in [-0.3, -0.25) is 14.5 Å². The summed E-state index contributed by atoms with van der Waals surface area (Å²) in [5.41, 5.74) is 3.11. The number of hydrogen-bond donors (Lipinski definition) is 1. The van der Waals surface area contributed by atoms with Crippen molar-refractivity contribution < 1.29 is 14.0 Å². The first-order valence-corrected chi connectivity index (χ1v) is 10.9. The molecule has 2 aromatic carbocycles. The number of benzene rings is 2. The Labute approximate surface area is 186 Å². The van der Waals surface area contributed by atoms with Crippen LogP contribution in [-0.4, -0.2) is 59.2 Å². The van der Waals surface area contributed by atoms with E-state index in [1.807, 2.05) is 23.1 Å². The Bertz CT molecular complexity index is 1220. The highest BCUT2D eigenvalue weighted by molar-refractivity contribution is 6.19. The maximum Gasteiger partial charge on any atom is 0.254 e. The Hall–Kier alpha value is -3.64. The summed E-state index contributed by atoms with van der Waals surface area (Å²) < 4.78 is 5.29. The molecule has 1 amide bonds. The summed E-state index contributed by atoms with van der Waals surface area (Å²) in [6, 6.07) is 19.3. The van der Waals surface area contributed by atoms with Gasteiger partial charge in [-0.15, -0.1) is 0 Å². The third kappa shape index (κ3) is 3.97. The fourth-order valence-electron chi connectivity index (χ4n) is 4.36. The number of furan rings is 1. The molecule has 3 heterocycles. The number of hydrogen-bond acceptors (Lipinski definition) is 4. The summed E-state index contributed by atoms with van der Waals surface area (Å²) in [5, 5.41) is 0.658. The minimum atomic E-state index is -0.229. The minimum absolute atomic E-state index is 0.0357. The maximum absolute atomic E-state index is 13.4. The second-order valence-corrected chi connectivity index (χ2v) is 8.11. The molecule has 6 nitrogen and oxygen atoms in total. The van der Waals surface area contributed by atoms with E-state index >= 15 is 0 Å². The van der Waals surface area contributed by atoms with Crippen LogP contribution in [0, 0.1) is 0 Å². The van der Waals surface area contributed by atoms with Crippen LogP contribution < -0.4 is 0 Å². The zero-order chi connectivity index (χ0) is 21.9. The first-order chi connectivity index (χ1) is 15.7. The highest BCUT2D eigenvalue weighted by Gasteiger charge is 2.26. The minimum Gasteiger partial charge on any atom is -0.461 e. The number of ketones is 1. The third-order valence-corrected chi connectivity index (χ3v) is 6.14. The Balaban J connectivity index is 1.30. The highest BCUT2D eigenvalue weighted by atomic mass is 16.3. The first kappa shape index (κ1) is 20.3. The number of aromatic nitrogens is 1. The quantitative estimate of drug-likeness (QED) is 0.473. The van der Waals surface area contributed by atoms with E-state index < -0.39 is 0 Å². The molecule has 0 spiro atoms. The van der Waals surface area contributed by atoms with Gasteiger partial charge >= 0.3 is 0 Å². The van der Waals surface area contributed by atoms with Crippen LogP contribution in [0.4, 0.5) is 0 Å². The number of fused-ring (bicyclic) bond motifs is 1. The van der Waals surface area contributed by atoms with Crippen molar-refractivity contribution in [1.29, 1.82) is 0 Å². The summed E-state index contributed by atoms with van der Waals surface area (Å²) in [7, 11) is 0. The molecule has 32 heavy (non-hydrogen) atoms. The molecule has 0 unspecified atom stereocenters. The number of nitrogens with zero attached hydrogens (tertiary/aromatic N) is 2. The second kappa shape index (κ2) is 8.85. The van der Waals surface area contributed by atoms with Crippen LogP contribution in [-0.2, 0) is 6.42 Å². The van der Waals surface area contributed by atoms with Gasteiger partial charge in [0.2, 0.25) is 5.78 Å². The van der Waals surface area contributed by atoms with Crippen molar-refractivity contribution in [2.45, 2.75) is 6.42 Å². The summed E-state index contributed by atoms with van der Waals surface area (Å²) >= 11 is 0. The number of rotatable bonds is 6. The van der Waals surface area contributed by atoms with Crippen molar-refractivity contribution in [3.63, 3.8) is 0 Å². The normalized spacial score (nSPS) is 14.7. The van der Waals surface area contributed by atoms with Gasteiger partial charge in [0, 0.05) is 55.4 Å². The van der Waals surface area contributed by atoms with E-state index in [0.717, 1.165) is 31.6 Å². The number of piperazine rings is 1. The van der Waals surface area contributed by atoms with Gasteiger partial charge in [-0.05, 0) is 36.2 Å². The average molecular weight is 428 g/mol. The van der Waals surface area contributed by atoms with E-state index in [1.165, 1.54) is 11.8 Å². The number of carbonyl (C=O) groups is 2. The topological polar surface area (TPSA) is 69.5 Å². The summed E-state index contributed by atoms with van der Waals surface area (Å²) in [6.45, 7) is 4.03. The van der Waals surface area contributed by atoms with Crippen LogP contribution in [0.1, 0.15) is 32.0 Å². The molecule has 1 aliphatic heterocycles. The van der Waals surface area contributed by atoms with Gasteiger partial charge in [0.1, 0.15) is 0 Å². The molecule has 1 fully saturated rings. The van der Waals surface area contributed by atoms with Crippen molar-refractivity contribution in [2.75, 3.05) is 32.7 Å². The molecular formula is C26H25N3O3. The van der Waals surface area contributed by atoms with Gasteiger partial charge in [-0.1, -0.05) is 36.4 Å². The van der Waals surface area contributed by atoms with Crippen molar-refractivity contribution in [3.8, 4) is 0 Å².